The van der Waals surface area contributed by atoms with Crippen LogP contribution in [0.25, 0.3) is 0 Å². The van der Waals surface area contributed by atoms with E-state index in [1.807, 2.05) is 0 Å². The first-order valence-electron chi connectivity index (χ1n) is 12.9. The Morgan fingerprint density at radius 2 is 1.59 bits per heavy atom. The van der Waals surface area contributed by atoms with E-state index in [1.165, 1.54) is 41.3 Å². The molecule has 1 unspecified atom stereocenters. The fraction of sp³-hybridized carbons (Fsp3) is 0.310. The smallest absolute Gasteiger partial charge is 0.264 e. The van der Waals surface area contributed by atoms with E-state index in [-0.39, 0.29) is 28.2 Å². The molecule has 0 spiro atoms. The van der Waals surface area contributed by atoms with Gasteiger partial charge in [0.2, 0.25) is 11.8 Å². The second-order valence-corrected chi connectivity index (χ2v) is 12.2. The number of hydrogen-bond donors (Lipinski definition) is 1. The molecule has 220 valence electrons. The highest BCUT2D eigenvalue weighted by atomic mass is 35.5. The van der Waals surface area contributed by atoms with Gasteiger partial charge in [-0.15, -0.1) is 0 Å². The van der Waals surface area contributed by atoms with Crippen molar-refractivity contribution in [1.82, 2.24) is 10.2 Å². The van der Waals surface area contributed by atoms with Crippen molar-refractivity contribution in [2.45, 2.75) is 51.2 Å². The van der Waals surface area contributed by atoms with Gasteiger partial charge in [-0.25, -0.2) is 12.8 Å². The number of amides is 2. The molecule has 1 N–H and O–H groups in total. The molecule has 0 aliphatic rings. The van der Waals surface area contributed by atoms with Crippen LogP contribution in [0.5, 0.6) is 5.75 Å². The van der Waals surface area contributed by atoms with Crippen LogP contribution in [0.3, 0.4) is 0 Å². The standard InChI is InChI=1S/C29H32Cl2FN3O5S/c1-5-40-24-11-13-25(14-12-24)41(38,39)35(23-9-7-22(32)8-10-23)18-28(36)34(20(4)29(37)33-19(2)3)17-21-6-15-26(30)27(31)16-21/h6-16,19-20H,5,17-18H2,1-4H3,(H,33,37). The molecule has 0 heterocycles. The normalized spacial score (nSPS) is 12.1. The summed E-state index contributed by atoms with van der Waals surface area (Å²) in [5, 5.41) is 3.37. The fourth-order valence-electron chi connectivity index (χ4n) is 3.96. The molecular weight excluding hydrogens is 592 g/mol. The molecule has 0 aliphatic carbocycles. The Morgan fingerprint density at radius 3 is 2.15 bits per heavy atom. The highest BCUT2D eigenvalue weighted by Crippen LogP contribution is 2.27. The minimum absolute atomic E-state index is 0.0528. The second kappa shape index (κ2) is 14.0. The summed E-state index contributed by atoms with van der Waals surface area (Å²) in [5.74, 6) is -1.18. The van der Waals surface area contributed by atoms with E-state index in [2.05, 4.69) is 5.32 Å². The lowest BCUT2D eigenvalue weighted by Crippen LogP contribution is -2.52. The summed E-state index contributed by atoms with van der Waals surface area (Å²) in [7, 11) is -4.31. The van der Waals surface area contributed by atoms with Gasteiger partial charge in [0.05, 0.1) is 27.2 Å². The third-order valence-corrected chi connectivity index (χ3v) is 8.58. The summed E-state index contributed by atoms with van der Waals surface area (Å²) < 4.78 is 47.7. The topological polar surface area (TPSA) is 96.0 Å². The van der Waals surface area contributed by atoms with Gasteiger partial charge in [-0.3, -0.25) is 13.9 Å². The van der Waals surface area contributed by atoms with Gasteiger partial charge in [0.1, 0.15) is 24.2 Å². The average molecular weight is 625 g/mol. The van der Waals surface area contributed by atoms with Gasteiger partial charge < -0.3 is 15.0 Å². The Kier molecular flexibility index (Phi) is 11.0. The van der Waals surface area contributed by atoms with Crippen LogP contribution in [0.2, 0.25) is 10.0 Å². The molecule has 0 saturated carbocycles. The van der Waals surface area contributed by atoms with E-state index >= 15 is 0 Å². The number of rotatable bonds is 12. The summed E-state index contributed by atoms with van der Waals surface area (Å²) in [6, 6.07) is 14.2. The number of halogens is 3. The van der Waals surface area contributed by atoms with Crippen LogP contribution in [-0.2, 0) is 26.2 Å². The zero-order valence-electron chi connectivity index (χ0n) is 23.1. The highest BCUT2D eigenvalue weighted by Gasteiger charge is 2.33. The minimum Gasteiger partial charge on any atom is -0.494 e. The Hall–Kier alpha value is -3.34. The number of ether oxygens (including phenoxy) is 1. The molecule has 0 aliphatic heterocycles. The Morgan fingerprint density at radius 1 is 0.951 bits per heavy atom. The van der Waals surface area contributed by atoms with Crippen molar-refractivity contribution in [2.75, 3.05) is 17.5 Å². The first-order chi connectivity index (χ1) is 19.3. The van der Waals surface area contributed by atoms with Gasteiger partial charge in [0.25, 0.3) is 10.0 Å². The molecule has 1 atom stereocenters. The number of sulfonamides is 1. The van der Waals surface area contributed by atoms with Crippen molar-refractivity contribution in [1.29, 1.82) is 0 Å². The number of anilines is 1. The van der Waals surface area contributed by atoms with Crippen LogP contribution >= 0.6 is 23.2 Å². The molecule has 0 fully saturated rings. The number of nitrogens with one attached hydrogen (secondary N) is 1. The molecule has 2 amide bonds. The quantitative estimate of drug-likeness (QED) is 0.280. The average Bonchev–Trinajstić information content (AvgIpc) is 2.92. The predicted molar refractivity (Wildman–Crippen MR) is 158 cm³/mol. The molecule has 0 bridgehead atoms. The lowest BCUT2D eigenvalue weighted by atomic mass is 10.1. The predicted octanol–water partition coefficient (Wildman–Crippen LogP) is 5.67. The monoisotopic (exact) mass is 623 g/mol. The summed E-state index contributed by atoms with van der Waals surface area (Å²) >= 11 is 12.2. The molecule has 0 radical (unpaired) electrons. The molecule has 12 heteroatoms. The minimum atomic E-state index is -4.31. The lowest BCUT2D eigenvalue weighted by molar-refractivity contribution is -0.139. The van der Waals surface area contributed by atoms with Gasteiger partial charge in [0, 0.05) is 12.6 Å². The summed E-state index contributed by atoms with van der Waals surface area (Å²) in [6.07, 6.45) is 0. The Bertz CT molecular complexity index is 1470. The zero-order chi connectivity index (χ0) is 30.3. The maximum absolute atomic E-state index is 13.9. The molecule has 0 saturated heterocycles. The SMILES string of the molecule is CCOc1ccc(S(=O)(=O)N(CC(=O)N(Cc2ccc(Cl)c(Cl)c2)C(C)C(=O)NC(C)C)c2ccc(F)cc2)cc1. The van der Waals surface area contributed by atoms with Gasteiger partial charge in [-0.05, 0) is 93.9 Å². The molecule has 41 heavy (non-hydrogen) atoms. The zero-order valence-corrected chi connectivity index (χ0v) is 25.4. The van der Waals surface area contributed by atoms with Crippen LogP contribution in [0.1, 0.15) is 33.3 Å². The molecule has 8 nitrogen and oxygen atoms in total. The van der Waals surface area contributed by atoms with E-state index in [0.29, 0.717) is 22.9 Å². The first kappa shape index (κ1) is 32.2. The second-order valence-electron chi connectivity index (χ2n) is 9.50. The van der Waals surface area contributed by atoms with Crippen LogP contribution in [0.4, 0.5) is 10.1 Å². The van der Waals surface area contributed by atoms with E-state index in [9.17, 15) is 22.4 Å². The van der Waals surface area contributed by atoms with Crippen molar-refractivity contribution in [3.63, 3.8) is 0 Å². The summed E-state index contributed by atoms with van der Waals surface area (Å²) in [6.45, 7) is 6.62. The van der Waals surface area contributed by atoms with Crippen molar-refractivity contribution in [3.05, 3.63) is 88.2 Å². The van der Waals surface area contributed by atoms with Crippen molar-refractivity contribution in [3.8, 4) is 5.75 Å². The molecular formula is C29H32Cl2FN3O5S. The molecule has 0 aromatic heterocycles. The van der Waals surface area contributed by atoms with E-state index in [1.54, 1.807) is 45.9 Å². The molecule has 3 aromatic rings. The van der Waals surface area contributed by atoms with Gasteiger partial charge >= 0.3 is 0 Å². The van der Waals surface area contributed by atoms with E-state index in [4.69, 9.17) is 27.9 Å². The third kappa shape index (κ3) is 8.34. The first-order valence-corrected chi connectivity index (χ1v) is 15.1. The number of benzene rings is 3. The largest absolute Gasteiger partial charge is 0.494 e. The van der Waals surface area contributed by atoms with Crippen molar-refractivity contribution >= 4 is 50.7 Å². The summed E-state index contributed by atoms with van der Waals surface area (Å²) in [4.78, 5) is 28.0. The van der Waals surface area contributed by atoms with Gasteiger partial charge in [-0.1, -0.05) is 29.3 Å². The van der Waals surface area contributed by atoms with Crippen molar-refractivity contribution in [2.24, 2.45) is 0 Å². The van der Waals surface area contributed by atoms with Gasteiger partial charge in [0.15, 0.2) is 0 Å². The van der Waals surface area contributed by atoms with Crippen LogP contribution in [0, 0.1) is 5.82 Å². The Labute approximate surface area is 250 Å². The number of nitrogens with zero attached hydrogens (tertiary/aromatic N) is 2. The number of hydrogen-bond acceptors (Lipinski definition) is 5. The Balaban J connectivity index is 2.03. The van der Waals surface area contributed by atoms with Crippen LogP contribution in [0.15, 0.2) is 71.6 Å². The highest BCUT2D eigenvalue weighted by molar-refractivity contribution is 7.92. The third-order valence-electron chi connectivity index (χ3n) is 6.05. The summed E-state index contributed by atoms with van der Waals surface area (Å²) in [5.41, 5.74) is 0.655. The van der Waals surface area contributed by atoms with E-state index in [0.717, 1.165) is 16.4 Å². The van der Waals surface area contributed by atoms with E-state index < -0.39 is 40.2 Å². The lowest BCUT2D eigenvalue weighted by Gasteiger charge is -2.32. The maximum Gasteiger partial charge on any atom is 0.264 e. The number of carbonyl (C=O) groups excluding carboxylic acids is 2. The maximum atomic E-state index is 13.9. The van der Waals surface area contributed by atoms with Gasteiger partial charge in [-0.2, -0.15) is 0 Å². The molecule has 3 aromatic carbocycles. The van der Waals surface area contributed by atoms with Crippen LogP contribution < -0.4 is 14.4 Å². The number of carbonyl (C=O) groups is 2. The van der Waals surface area contributed by atoms with Crippen molar-refractivity contribution < 1.29 is 27.1 Å². The van der Waals surface area contributed by atoms with Crippen LogP contribution in [-0.4, -0.2) is 50.4 Å². The fourth-order valence-corrected chi connectivity index (χ4v) is 5.70. The molecule has 3 rings (SSSR count).